The van der Waals surface area contributed by atoms with Crippen molar-refractivity contribution in [3.05, 3.63) is 70.2 Å². The Labute approximate surface area is 161 Å². The molecule has 0 aromatic heterocycles. The Balaban J connectivity index is 1.64. The summed E-state index contributed by atoms with van der Waals surface area (Å²) >= 11 is 5.91. The van der Waals surface area contributed by atoms with Gasteiger partial charge < -0.3 is 5.32 Å². The number of carbonyl (C=O) groups excluding carboxylic acids is 1. The molecule has 4 heteroatoms. The summed E-state index contributed by atoms with van der Waals surface area (Å²) < 4.78 is 0. The summed E-state index contributed by atoms with van der Waals surface area (Å²) in [6.07, 6.45) is 4.17. The summed E-state index contributed by atoms with van der Waals surface area (Å²) in [6, 6.07) is 16.4. The highest BCUT2D eigenvalue weighted by molar-refractivity contribution is 6.30. The Morgan fingerprint density at radius 1 is 1.04 bits per heavy atom. The van der Waals surface area contributed by atoms with Crippen molar-refractivity contribution in [2.24, 2.45) is 0 Å². The lowest BCUT2D eigenvalue weighted by atomic mass is 10.0. The van der Waals surface area contributed by atoms with Crippen LogP contribution >= 0.6 is 11.6 Å². The molecule has 26 heavy (non-hydrogen) atoms. The second kappa shape index (κ2) is 9.20. The second-order valence-electron chi connectivity index (χ2n) is 7.13. The normalized spacial score (nSPS) is 16.2. The molecule has 2 aromatic carbocycles. The summed E-state index contributed by atoms with van der Waals surface area (Å²) in [5.74, 6) is 0.0569. The molecule has 3 rings (SSSR count). The van der Waals surface area contributed by atoms with Crippen LogP contribution in [0.4, 0.5) is 0 Å². The van der Waals surface area contributed by atoms with E-state index in [0.717, 1.165) is 18.7 Å². The number of piperidine rings is 1. The fourth-order valence-corrected chi connectivity index (χ4v) is 3.66. The van der Waals surface area contributed by atoms with E-state index >= 15 is 0 Å². The molecule has 0 saturated carbocycles. The van der Waals surface area contributed by atoms with Crippen LogP contribution in [0.3, 0.4) is 0 Å². The quantitative estimate of drug-likeness (QED) is 0.809. The Hall–Kier alpha value is -1.84. The van der Waals surface area contributed by atoms with Gasteiger partial charge in [-0.1, -0.05) is 60.0 Å². The van der Waals surface area contributed by atoms with E-state index in [-0.39, 0.29) is 11.9 Å². The van der Waals surface area contributed by atoms with Gasteiger partial charge in [-0.3, -0.25) is 9.69 Å². The molecule has 1 amide bonds. The van der Waals surface area contributed by atoms with Gasteiger partial charge in [0.05, 0.1) is 12.5 Å². The Morgan fingerprint density at radius 3 is 2.35 bits per heavy atom. The monoisotopic (exact) mass is 370 g/mol. The lowest BCUT2D eigenvalue weighted by molar-refractivity contribution is -0.120. The third-order valence-electron chi connectivity index (χ3n) is 5.06. The van der Waals surface area contributed by atoms with Crippen LogP contribution in [-0.2, 0) is 11.2 Å². The highest BCUT2D eigenvalue weighted by Crippen LogP contribution is 2.24. The number of halogens is 1. The van der Waals surface area contributed by atoms with Crippen LogP contribution in [0.5, 0.6) is 0 Å². The molecule has 1 aliphatic heterocycles. The van der Waals surface area contributed by atoms with E-state index in [1.807, 2.05) is 24.3 Å². The molecule has 0 spiro atoms. The number of likely N-dealkylation sites (tertiary alicyclic amines) is 1. The fourth-order valence-electron chi connectivity index (χ4n) is 3.54. The van der Waals surface area contributed by atoms with Crippen molar-refractivity contribution >= 4 is 17.5 Å². The van der Waals surface area contributed by atoms with Gasteiger partial charge in [0.15, 0.2) is 0 Å². The fraction of sp³-hybridized carbons (Fsp3) is 0.409. The van der Waals surface area contributed by atoms with Gasteiger partial charge in [0, 0.05) is 11.6 Å². The zero-order valence-corrected chi connectivity index (χ0v) is 16.1. The molecule has 1 fully saturated rings. The number of rotatable bonds is 6. The first-order valence-electron chi connectivity index (χ1n) is 9.43. The van der Waals surface area contributed by atoms with Gasteiger partial charge in [0.25, 0.3) is 0 Å². The number of hydrogen-bond acceptors (Lipinski definition) is 2. The number of carbonyl (C=O) groups is 1. The molecular formula is C22H27ClN2O. The maximum Gasteiger partial charge on any atom is 0.224 e. The highest BCUT2D eigenvalue weighted by Gasteiger charge is 2.22. The van der Waals surface area contributed by atoms with Gasteiger partial charge in [0.2, 0.25) is 5.91 Å². The zero-order chi connectivity index (χ0) is 18.4. The summed E-state index contributed by atoms with van der Waals surface area (Å²) in [6.45, 7) is 4.96. The topological polar surface area (TPSA) is 32.3 Å². The molecule has 0 bridgehead atoms. The van der Waals surface area contributed by atoms with Crippen LogP contribution < -0.4 is 5.32 Å². The Morgan fingerprint density at radius 2 is 1.69 bits per heavy atom. The SMILES string of the molecule is Cc1ccc(C(CNC(=O)Cc2ccc(Cl)cc2)N2CCCCC2)cc1. The van der Waals surface area contributed by atoms with E-state index < -0.39 is 0 Å². The van der Waals surface area contributed by atoms with Gasteiger partial charge in [-0.15, -0.1) is 0 Å². The van der Waals surface area contributed by atoms with E-state index in [1.54, 1.807) is 0 Å². The van der Waals surface area contributed by atoms with Crippen molar-refractivity contribution in [2.75, 3.05) is 19.6 Å². The van der Waals surface area contributed by atoms with Crippen molar-refractivity contribution in [1.82, 2.24) is 10.2 Å². The maximum absolute atomic E-state index is 12.4. The predicted octanol–water partition coefficient (Wildman–Crippen LogP) is 4.53. The highest BCUT2D eigenvalue weighted by atomic mass is 35.5. The first-order chi connectivity index (χ1) is 12.6. The molecular weight excluding hydrogens is 344 g/mol. The molecule has 1 N–H and O–H groups in total. The maximum atomic E-state index is 12.4. The number of nitrogens with one attached hydrogen (secondary N) is 1. The summed E-state index contributed by atoms with van der Waals surface area (Å²) in [7, 11) is 0. The van der Waals surface area contributed by atoms with E-state index in [4.69, 9.17) is 11.6 Å². The number of amides is 1. The largest absolute Gasteiger partial charge is 0.354 e. The number of aryl methyl sites for hydroxylation is 1. The van der Waals surface area contributed by atoms with Crippen molar-refractivity contribution in [1.29, 1.82) is 0 Å². The molecule has 1 heterocycles. The average Bonchev–Trinajstić information content (AvgIpc) is 2.66. The third kappa shape index (κ3) is 5.33. The molecule has 1 aliphatic rings. The minimum atomic E-state index is 0.0569. The van der Waals surface area contributed by atoms with Crippen molar-refractivity contribution in [2.45, 2.75) is 38.6 Å². The smallest absolute Gasteiger partial charge is 0.224 e. The van der Waals surface area contributed by atoms with Crippen LogP contribution in [0, 0.1) is 6.92 Å². The lowest BCUT2D eigenvalue weighted by Gasteiger charge is -2.35. The molecule has 0 aliphatic carbocycles. The van der Waals surface area contributed by atoms with E-state index in [9.17, 15) is 4.79 Å². The molecule has 3 nitrogen and oxygen atoms in total. The van der Waals surface area contributed by atoms with Crippen molar-refractivity contribution in [3.8, 4) is 0 Å². The van der Waals surface area contributed by atoms with E-state index in [0.29, 0.717) is 18.0 Å². The minimum Gasteiger partial charge on any atom is -0.354 e. The van der Waals surface area contributed by atoms with Crippen LogP contribution in [-0.4, -0.2) is 30.4 Å². The number of hydrogen-bond donors (Lipinski definition) is 1. The number of nitrogens with zero attached hydrogens (tertiary/aromatic N) is 1. The lowest BCUT2D eigenvalue weighted by Crippen LogP contribution is -2.41. The molecule has 0 radical (unpaired) electrons. The molecule has 1 atom stereocenters. The van der Waals surface area contributed by atoms with Crippen molar-refractivity contribution in [3.63, 3.8) is 0 Å². The van der Waals surface area contributed by atoms with Crippen LogP contribution in [0.2, 0.25) is 5.02 Å². The van der Waals surface area contributed by atoms with E-state index in [2.05, 4.69) is 41.4 Å². The standard InChI is InChI=1S/C22H27ClN2O/c1-17-5-9-19(10-6-17)21(25-13-3-2-4-14-25)16-24-22(26)15-18-7-11-20(23)12-8-18/h5-12,21H,2-4,13-16H2,1H3,(H,24,26). The third-order valence-corrected chi connectivity index (χ3v) is 5.32. The van der Waals surface area contributed by atoms with Gasteiger partial charge in [0.1, 0.15) is 0 Å². The van der Waals surface area contributed by atoms with Crippen LogP contribution in [0.1, 0.15) is 42.0 Å². The van der Waals surface area contributed by atoms with Crippen molar-refractivity contribution < 1.29 is 4.79 Å². The minimum absolute atomic E-state index is 0.0569. The summed E-state index contributed by atoms with van der Waals surface area (Å²) in [5, 5.41) is 3.84. The second-order valence-corrected chi connectivity index (χ2v) is 7.57. The Kier molecular flexibility index (Phi) is 6.70. The molecule has 1 unspecified atom stereocenters. The predicted molar refractivity (Wildman–Crippen MR) is 108 cm³/mol. The Bertz CT molecular complexity index is 706. The molecule has 138 valence electrons. The first-order valence-corrected chi connectivity index (χ1v) is 9.81. The number of benzene rings is 2. The molecule has 2 aromatic rings. The van der Waals surface area contributed by atoms with Gasteiger partial charge in [-0.25, -0.2) is 0 Å². The van der Waals surface area contributed by atoms with Gasteiger partial charge in [-0.05, 0) is 56.1 Å². The zero-order valence-electron chi connectivity index (χ0n) is 15.4. The van der Waals surface area contributed by atoms with E-state index in [1.165, 1.54) is 30.4 Å². The van der Waals surface area contributed by atoms with Gasteiger partial charge >= 0.3 is 0 Å². The first kappa shape index (κ1) is 18.9. The molecule has 1 saturated heterocycles. The van der Waals surface area contributed by atoms with Crippen LogP contribution in [0.25, 0.3) is 0 Å². The van der Waals surface area contributed by atoms with Gasteiger partial charge in [-0.2, -0.15) is 0 Å². The van der Waals surface area contributed by atoms with Crippen LogP contribution in [0.15, 0.2) is 48.5 Å². The summed E-state index contributed by atoms with van der Waals surface area (Å²) in [5.41, 5.74) is 3.53. The summed E-state index contributed by atoms with van der Waals surface area (Å²) in [4.78, 5) is 14.9. The average molecular weight is 371 g/mol.